The van der Waals surface area contributed by atoms with Gasteiger partial charge in [-0.1, -0.05) is 33.3 Å². The molecule has 1 aromatic heterocycles. The van der Waals surface area contributed by atoms with Gasteiger partial charge in [0.1, 0.15) is 0 Å². The third kappa shape index (κ3) is 2.79. The maximum absolute atomic E-state index is 10.2. The van der Waals surface area contributed by atoms with Crippen molar-refractivity contribution < 1.29 is 5.11 Å². The van der Waals surface area contributed by atoms with E-state index < -0.39 is 6.10 Å². The smallest absolute Gasteiger partial charge is 0.0856 e. The van der Waals surface area contributed by atoms with E-state index in [1.54, 1.807) is 4.68 Å². The minimum atomic E-state index is -0.549. The Kier molecular flexibility index (Phi) is 3.82. The maximum atomic E-state index is 10.2. The van der Waals surface area contributed by atoms with E-state index in [1.807, 2.05) is 39.2 Å². The van der Waals surface area contributed by atoms with Crippen LogP contribution < -0.4 is 0 Å². The highest BCUT2D eigenvalue weighted by atomic mass is 79.9. The van der Waals surface area contributed by atoms with Gasteiger partial charge >= 0.3 is 0 Å². The number of nitrogens with zero attached hydrogens (tertiary/aromatic N) is 3. The lowest BCUT2D eigenvalue weighted by atomic mass is 10.0. The van der Waals surface area contributed by atoms with Crippen molar-refractivity contribution in [2.45, 2.75) is 26.4 Å². The quantitative estimate of drug-likeness (QED) is 0.947. The fraction of sp³-hybridized carbons (Fsp3) is 0.385. The first-order valence-electron chi connectivity index (χ1n) is 5.77. The first-order chi connectivity index (χ1) is 8.47. The van der Waals surface area contributed by atoms with E-state index in [2.05, 4.69) is 26.2 Å². The number of hydrogen-bond donors (Lipinski definition) is 1. The molecule has 2 rings (SSSR count). The van der Waals surface area contributed by atoms with Gasteiger partial charge in [0.05, 0.1) is 11.8 Å². The van der Waals surface area contributed by atoms with E-state index in [0.29, 0.717) is 6.42 Å². The molecule has 1 N–H and O–H groups in total. The summed E-state index contributed by atoms with van der Waals surface area (Å²) in [4.78, 5) is 0. The standard InChI is InChI=1S/C13H16BrN3O/c1-8-4-10(5-9(2)13(8)14)12(18)6-11-7-17(3)16-15-11/h4-5,7,12,18H,6H2,1-3H3. The normalized spacial score (nSPS) is 12.7. The predicted molar refractivity (Wildman–Crippen MR) is 73.3 cm³/mol. The predicted octanol–water partition coefficient (Wildman–Crippen LogP) is 2.47. The molecule has 2 aromatic rings. The van der Waals surface area contributed by atoms with E-state index in [9.17, 15) is 5.11 Å². The fourth-order valence-corrected chi connectivity index (χ4v) is 2.21. The summed E-state index contributed by atoms with van der Waals surface area (Å²) in [6.07, 6.45) is 1.75. The van der Waals surface area contributed by atoms with Gasteiger partial charge in [0.25, 0.3) is 0 Å². The third-order valence-corrected chi connectivity index (χ3v) is 4.15. The monoisotopic (exact) mass is 309 g/mol. The van der Waals surface area contributed by atoms with Crippen molar-refractivity contribution in [2.24, 2.45) is 7.05 Å². The Morgan fingerprint density at radius 1 is 1.33 bits per heavy atom. The Bertz CT molecular complexity index is 542. The summed E-state index contributed by atoms with van der Waals surface area (Å²) < 4.78 is 2.73. The molecule has 0 aliphatic rings. The highest BCUT2D eigenvalue weighted by Crippen LogP contribution is 2.26. The maximum Gasteiger partial charge on any atom is 0.0856 e. The Balaban J connectivity index is 2.21. The van der Waals surface area contributed by atoms with Crippen LogP contribution in [0, 0.1) is 13.8 Å². The van der Waals surface area contributed by atoms with Crippen LogP contribution in [-0.4, -0.2) is 20.1 Å². The van der Waals surface area contributed by atoms with Crippen LogP contribution in [0.4, 0.5) is 0 Å². The van der Waals surface area contributed by atoms with Crippen molar-refractivity contribution >= 4 is 15.9 Å². The third-order valence-electron chi connectivity index (χ3n) is 2.90. The van der Waals surface area contributed by atoms with E-state index in [-0.39, 0.29) is 0 Å². The van der Waals surface area contributed by atoms with Crippen LogP contribution in [0.25, 0.3) is 0 Å². The van der Waals surface area contributed by atoms with Crippen molar-refractivity contribution in [1.82, 2.24) is 15.0 Å². The van der Waals surface area contributed by atoms with Crippen LogP contribution in [0.5, 0.6) is 0 Å². The van der Waals surface area contributed by atoms with Gasteiger partial charge in [-0.3, -0.25) is 4.68 Å². The number of hydrogen-bond acceptors (Lipinski definition) is 3. The van der Waals surface area contributed by atoms with Crippen molar-refractivity contribution in [3.63, 3.8) is 0 Å². The van der Waals surface area contributed by atoms with Crippen molar-refractivity contribution in [3.8, 4) is 0 Å². The molecule has 5 heteroatoms. The molecule has 0 fully saturated rings. The molecule has 0 saturated heterocycles. The van der Waals surface area contributed by atoms with Gasteiger partial charge in [-0.05, 0) is 30.5 Å². The molecule has 0 spiro atoms. The average Bonchev–Trinajstić information content (AvgIpc) is 2.71. The number of aliphatic hydroxyl groups is 1. The summed E-state index contributed by atoms with van der Waals surface area (Å²) in [5.41, 5.74) is 3.97. The Labute approximate surface area is 115 Å². The van der Waals surface area contributed by atoms with Crippen LogP contribution in [0.15, 0.2) is 22.8 Å². The van der Waals surface area contributed by atoms with Crippen molar-refractivity contribution in [2.75, 3.05) is 0 Å². The van der Waals surface area contributed by atoms with Crippen LogP contribution in [0.2, 0.25) is 0 Å². The zero-order chi connectivity index (χ0) is 13.3. The summed E-state index contributed by atoms with van der Waals surface area (Å²) in [5.74, 6) is 0. The Hall–Kier alpha value is -1.20. The number of halogens is 1. The second-order valence-corrected chi connectivity index (χ2v) is 5.37. The fourth-order valence-electron chi connectivity index (χ4n) is 1.98. The average molecular weight is 310 g/mol. The topological polar surface area (TPSA) is 50.9 Å². The van der Waals surface area contributed by atoms with Gasteiger partial charge in [-0.2, -0.15) is 0 Å². The number of aliphatic hydroxyl groups excluding tert-OH is 1. The van der Waals surface area contributed by atoms with Crippen molar-refractivity contribution in [1.29, 1.82) is 0 Å². The Morgan fingerprint density at radius 2 is 1.94 bits per heavy atom. The van der Waals surface area contributed by atoms with Gasteiger partial charge < -0.3 is 5.11 Å². The second kappa shape index (κ2) is 5.20. The summed E-state index contributed by atoms with van der Waals surface area (Å²) in [6.45, 7) is 4.05. The molecule has 1 unspecified atom stereocenters. The molecule has 96 valence electrons. The number of aryl methyl sites for hydroxylation is 3. The van der Waals surface area contributed by atoms with Gasteiger partial charge in [-0.15, -0.1) is 5.10 Å². The lowest BCUT2D eigenvalue weighted by Gasteiger charge is -2.13. The van der Waals surface area contributed by atoms with Gasteiger partial charge in [-0.25, -0.2) is 0 Å². The molecule has 0 bridgehead atoms. The molecule has 0 aliphatic carbocycles. The van der Waals surface area contributed by atoms with Crippen LogP contribution in [0.1, 0.15) is 28.5 Å². The largest absolute Gasteiger partial charge is 0.388 e. The van der Waals surface area contributed by atoms with Crippen molar-refractivity contribution in [3.05, 3.63) is 45.2 Å². The van der Waals surface area contributed by atoms with E-state index in [1.165, 1.54) is 0 Å². The van der Waals surface area contributed by atoms with Crippen LogP contribution in [0.3, 0.4) is 0 Å². The summed E-state index contributed by atoms with van der Waals surface area (Å²) in [5, 5.41) is 18.1. The molecule has 0 amide bonds. The lowest BCUT2D eigenvalue weighted by molar-refractivity contribution is 0.177. The van der Waals surface area contributed by atoms with Crippen LogP contribution in [-0.2, 0) is 13.5 Å². The van der Waals surface area contributed by atoms with Crippen LogP contribution >= 0.6 is 15.9 Å². The summed E-state index contributed by atoms with van der Waals surface area (Å²) in [6, 6.07) is 4.00. The summed E-state index contributed by atoms with van der Waals surface area (Å²) in [7, 11) is 1.82. The molecule has 18 heavy (non-hydrogen) atoms. The second-order valence-electron chi connectivity index (χ2n) is 4.57. The molecule has 4 nitrogen and oxygen atoms in total. The number of benzene rings is 1. The number of rotatable bonds is 3. The Morgan fingerprint density at radius 3 is 2.44 bits per heavy atom. The van der Waals surface area contributed by atoms with Gasteiger partial charge in [0, 0.05) is 24.1 Å². The molecule has 1 aromatic carbocycles. The van der Waals surface area contributed by atoms with E-state index in [0.717, 1.165) is 26.9 Å². The molecular formula is C13H16BrN3O. The molecule has 1 atom stereocenters. The molecule has 0 aliphatic heterocycles. The summed E-state index contributed by atoms with van der Waals surface area (Å²) >= 11 is 3.53. The van der Waals surface area contributed by atoms with E-state index in [4.69, 9.17) is 0 Å². The van der Waals surface area contributed by atoms with E-state index >= 15 is 0 Å². The molecule has 0 saturated carbocycles. The van der Waals surface area contributed by atoms with Gasteiger partial charge in [0.15, 0.2) is 0 Å². The lowest BCUT2D eigenvalue weighted by Crippen LogP contribution is -2.03. The minimum Gasteiger partial charge on any atom is -0.388 e. The molecule has 1 heterocycles. The zero-order valence-electron chi connectivity index (χ0n) is 10.7. The highest BCUT2D eigenvalue weighted by Gasteiger charge is 2.13. The SMILES string of the molecule is Cc1cc(C(O)Cc2cn(C)nn2)cc(C)c1Br. The highest BCUT2D eigenvalue weighted by molar-refractivity contribution is 9.10. The first kappa shape index (κ1) is 13.2. The first-order valence-corrected chi connectivity index (χ1v) is 6.56. The molecule has 0 radical (unpaired) electrons. The zero-order valence-corrected chi connectivity index (χ0v) is 12.3. The molecular weight excluding hydrogens is 294 g/mol. The minimum absolute atomic E-state index is 0.481. The number of aromatic nitrogens is 3. The van der Waals surface area contributed by atoms with Gasteiger partial charge in [0.2, 0.25) is 0 Å².